The maximum atomic E-state index is 13.0. The van der Waals surface area contributed by atoms with Crippen LogP contribution in [-0.4, -0.2) is 40.7 Å². The highest BCUT2D eigenvalue weighted by molar-refractivity contribution is 7.13. The van der Waals surface area contributed by atoms with Gasteiger partial charge >= 0.3 is 0 Å². The Morgan fingerprint density at radius 3 is 2.71 bits per heavy atom. The number of carbonyl (C=O) groups excluding carboxylic acids is 3. The van der Waals surface area contributed by atoms with Crippen LogP contribution in [0.15, 0.2) is 29.6 Å². The van der Waals surface area contributed by atoms with Gasteiger partial charge in [0.15, 0.2) is 0 Å². The zero-order chi connectivity index (χ0) is 20.1. The molecule has 0 saturated carbocycles. The monoisotopic (exact) mass is 404 g/mol. The molecular formula is C19H21FN4O3S. The van der Waals surface area contributed by atoms with Gasteiger partial charge in [-0.15, -0.1) is 11.3 Å². The molecule has 1 aliphatic rings. The number of rotatable bonds is 4. The van der Waals surface area contributed by atoms with E-state index in [1.807, 2.05) is 0 Å². The summed E-state index contributed by atoms with van der Waals surface area (Å²) in [4.78, 5) is 41.8. The van der Waals surface area contributed by atoms with Crippen LogP contribution >= 0.6 is 11.3 Å². The first-order valence-corrected chi connectivity index (χ1v) is 9.85. The third-order valence-corrected chi connectivity index (χ3v) is 5.49. The minimum absolute atomic E-state index is 0.0161. The maximum Gasteiger partial charge on any atom is 0.244 e. The molecule has 2 N–H and O–H groups in total. The smallest absolute Gasteiger partial charge is 0.244 e. The summed E-state index contributed by atoms with van der Waals surface area (Å²) in [6.07, 6.45) is 1.46. The Kier molecular flexibility index (Phi) is 6.35. The van der Waals surface area contributed by atoms with Crippen molar-refractivity contribution in [3.63, 3.8) is 0 Å². The lowest BCUT2D eigenvalue weighted by Crippen LogP contribution is -2.50. The van der Waals surface area contributed by atoms with Gasteiger partial charge in [-0.25, -0.2) is 9.37 Å². The molecule has 1 atom stereocenters. The first-order chi connectivity index (χ1) is 13.4. The van der Waals surface area contributed by atoms with Crippen molar-refractivity contribution in [3.05, 3.63) is 41.2 Å². The number of amides is 3. The lowest BCUT2D eigenvalue weighted by Gasteiger charge is -2.31. The van der Waals surface area contributed by atoms with Crippen molar-refractivity contribution in [2.75, 3.05) is 13.1 Å². The van der Waals surface area contributed by atoms with Gasteiger partial charge in [0, 0.05) is 31.0 Å². The van der Waals surface area contributed by atoms with Crippen molar-refractivity contribution in [2.45, 2.75) is 26.2 Å². The number of nitrogens with zero attached hydrogens (tertiary/aromatic N) is 2. The fourth-order valence-corrected chi connectivity index (χ4v) is 3.86. The quantitative estimate of drug-likeness (QED) is 0.762. The van der Waals surface area contributed by atoms with Crippen molar-refractivity contribution >= 4 is 29.1 Å². The highest BCUT2D eigenvalue weighted by Crippen LogP contribution is 2.24. The Hall–Kier alpha value is -2.81. The average molecular weight is 404 g/mol. The maximum absolute atomic E-state index is 13.0. The molecule has 1 saturated heterocycles. The highest BCUT2D eigenvalue weighted by Gasteiger charge is 2.27. The van der Waals surface area contributed by atoms with Crippen molar-refractivity contribution in [2.24, 2.45) is 5.92 Å². The SMILES string of the molecule is CC(=O)N1CCC[C@H](C(=O)NNC(=O)Cc2csc(-c3ccc(F)cc3)n2)C1. The molecule has 1 aliphatic heterocycles. The van der Waals surface area contributed by atoms with Gasteiger partial charge in [0.1, 0.15) is 10.8 Å². The summed E-state index contributed by atoms with van der Waals surface area (Å²) in [5, 5.41) is 2.45. The number of thiazole rings is 1. The predicted octanol–water partition coefficient (Wildman–Crippen LogP) is 1.90. The predicted molar refractivity (Wildman–Crippen MR) is 102 cm³/mol. The molecule has 2 heterocycles. The summed E-state index contributed by atoms with van der Waals surface area (Å²) in [7, 11) is 0. The second-order valence-electron chi connectivity index (χ2n) is 6.67. The Morgan fingerprint density at radius 2 is 2.00 bits per heavy atom. The number of aromatic nitrogens is 1. The molecule has 9 heteroatoms. The van der Waals surface area contributed by atoms with E-state index >= 15 is 0 Å². The summed E-state index contributed by atoms with van der Waals surface area (Å²) in [6.45, 7) is 2.51. The minimum atomic E-state index is -0.386. The summed E-state index contributed by atoms with van der Waals surface area (Å²) in [5.41, 5.74) is 6.18. The molecule has 0 spiro atoms. The normalized spacial score (nSPS) is 16.5. The summed E-state index contributed by atoms with van der Waals surface area (Å²) in [5.74, 6) is -1.39. The van der Waals surface area contributed by atoms with Crippen molar-refractivity contribution in [1.82, 2.24) is 20.7 Å². The van der Waals surface area contributed by atoms with Crippen LogP contribution in [0.1, 0.15) is 25.5 Å². The van der Waals surface area contributed by atoms with E-state index in [0.29, 0.717) is 30.2 Å². The highest BCUT2D eigenvalue weighted by atomic mass is 32.1. The van der Waals surface area contributed by atoms with Gasteiger partial charge in [0.25, 0.3) is 0 Å². The third kappa shape index (κ3) is 5.13. The number of benzene rings is 1. The number of hydrogen-bond donors (Lipinski definition) is 2. The van der Waals surface area contributed by atoms with Crippen LogP contribution in [0, 0.1) is 11.7 Å². The van der Waals surface area contributed by atoms with Crippen molar-refractivity contribution in [3.8, 4) is 10.6 Å². The molecule has 3 amide bonds. The number of piperidine rings is 1. The summed E-state index contributed by atoms with van der Waals surface area (Å²) in [6, 6.07) is 5.98. The van der Waals surface area contributed by atoms with Crippen LogP contribution in [0.5, 0.6) is 0 Å². The minimum Gasteiger partial charge on any atom is -0.342 e. The van der Waals surface area contributed by atoms with Gasteiger partial charge in [0.05, 0.1) is 18.0 Å². The number of likely N-dealkylation sites (tertiary alicyclic amines) is 1. The van der Waals surface area contributed by atoms with Crippen molar-refractivity contribution < 1.29 is 18.8 Å². The van der Waals surface area contributed by atoms with Gasteiger partial charge in [-0.2, -0.15) is 0 Å². The molecule has 0 aliphatic carbocycles. The Labute approximate surface area is 165 Å². The standard InChI is InChI=1S/C19H21FN4O3S/c1-12(25)24-8-2-3-14(10-24)18(27)23-22-17(26)9-16-11-28-19(21-16)13-4-6-15(20)7-5-13/h4-7,11,14H,2-3,8-10H2,1H3,(H,22,26)(H,23,27)/t14-/m0/s1. The number of halogens is 1. The van der Waals surface area contributed by atoms with E-state index in [0.717, 1.165) is 12.0 Å². The number of carbonyl (C=O) groups is 3. The van der Waals surface area contributed by atoms with Gasteiger partial charge < -0.3 is 4.90 Å². The number of nitrogens with one attached hydrogen (secondary N) is 2. The lowest BCUT2D eigenvalue weighted by atomic mass is 9.97. The molecule has 1 fully saturated rings. The average Bonchev–Trinajstić information content (AvgIpc) is 3.15. The van der Waals surface area contributed by atoms with Crippen LogP contribution in [0.25, 0.3) is 10.6 Å². The molecule has 0 radical (unpaired) electrons. The lowest BCUT2D eigenvalue weighted by molar-refractivity contribution is -0.136. The van der Waals surface area contributed by atoms with Gasteiger partial charge in [-0.3, -0.25) is 25.2 Å². The fraction of sp³-hybridized carbons (Fsp3) is 0.368. The summed E-state index contributed by atoms with van der Waals surface area (Å²) < 4.78 is 13.0. The largest absolute Gasteiger partial charge is 0.342 e. The van der Waals surface area contributed by atoms with E-state index in [9.17, 15) is 18.8 Å². The third-order valence-electron chi connectivity index (χ3n) is 4.55. The first kappa shape index (κ1) is 19.9. The second-order valence-corrected chi connectivity index (χ2v) is 7.53. The van der Waals surface area contributed by atoms with Crippen LogP contribution in [0.4, 0.5) is 4.39 Å². The number of hydrogen-bond acceptors (Lipinski definition) is 5. The van der Waals surface area contributed by atoms with Gasteiger partial charge in [-0.1, -0.05) is 0 Å². The fourth-order valence-electron chi connectivity index (χ4n) is 3.03. The van der Waals surface area contributed by atoms with E-state index in [4.69, 9.17) is 0 Å². The Morgan fingerprint density at radius 1 is 1.25 bits per heavy atom. The van der Waals surface area contributed by atoms with Crippen LogP contribution in [0.3, 0.4) is 0 Å². The molecule has 1 aromatic heterocycles. The van der Waals surface area contributed by atoms with E-state index in [1.54, 1.807) is 22.4 Å². The van der Waals surface area contributed by atoms with Gasteiger partial charge in [0.2, 0.25) is 17.7 Å². The van der Waals surface area contributed by atoms with Crippen LogP contribution < -0.4 is 10.9 Å². The first-order valence-electron chi connectivity index (χ1n) is 8.97. The molecule has 0 unspecified atom stereocenters. The van der Waals surface area contributed by atoms with Crippen molar-refractivity contribution in [1.29, 1.82) is 0 Å². The Bertz CT molecular complexity index is 868. The van der Waals surface area contributed by atoms with E-state index < -0.39 is 0 Å². The molecular weight excluding hydrogens is 383 g/mol. The Balaban J connectivity index is 1.48. The zero-order valence-electron chi connectivity index (χ0n) is 15.4. The number of hydrazine groups is 1. The second kappa shape index (κ2) is 8.92. The molecule has 7 nitrogen and oxygen atoms in total. The van der Waals surface area contributed by atoms with E-state index in [1.165, 1.54) is 30.4 Å². The molecule has 0 bridgehead atoms. The summed E-state index contributed by atoms with van der Waals surface area (Å²) >= 11 is 1.36. The van der Waals surface area contributed by atoms with Crippen LogP contribution in [-0.2, 0) is 20.8 Å². The molecule has 148 valence electrons. The topological polar surface area (TPSA) is 91.4 Å². The van der Waals surface area contributed by atoms with E-state index in [2.05, 4.69) is 15.8 Å². The van der Waals surface area contributed by atoms with E-state index in [-0.39, 0.29) is 35.9 Å². The molecule has 3 rings (SSSR count). The molecule has 2 aromatic rings. The molecule has 28 heavy (non-hydrogen) atoms. The van der Waals surface area contributed by atoms with Gasteiger partial charge in [-0.05, 0) is 37.1 Å². The van der Waals surface area contributed by atoms with Crippen LogP contribution in [0.2, 0.25) is 0 Å². The molecule has 1 aromatic carbocycles. The zero-order valence-corrected chi connectivity index (χ0v) is 16.2.